The summed E-state index contributed by atoms with van der Waals surface area (Å²) in [5, 5.41) is 0. The Bertz CT molecular complexity index is 1000. The topological polar surface area (TPSA) is 154 Å². The smallest absolute Gasteiger partial charge is 0.330 e. The lowest BCUT2D eigenvalue weighted by Gasteiger charge is -2.23. The molecular formula is C42H80O15. The molecule has 0 fully saturated rings. The van der Waals surface area contributed by atoms with Crippen LogP contribution in [0.25, 0.3) is 0 Å². The monoisotopic (exact) mass is 825 g/mol. The molecule has 57 heavy (non-hydrogen) atoms. The van der Waals surface area contributed by atoms with Crippen LogP contribution in [0.2, 0.25) is 0 Å². The van der Waals surface area contributed by atoms with E-state index in [1.807, 2.05) is 83.1 Å². The van der Waals surface area contributed by atoms with Crippen molar-refractivity contribution in [3.05, 3.63) is 12.7 Å². The lowest BCUT2D eigenvalue weighted by atomic mass is 10.3. The molecule has 0 aromatic heterocycles. The van der Waals surface area contributed by atoms with E-state index in [1.54, 1.807) is 6.92 Å². The summed E-state index contributed by atoms with van der Waals surface area (Å²) in [6, 6.07) is 0. The van der Waals surface area contributed by atoms with Crippen LogP contribution in [0, 0.1) is 0 Å². The quantitative estimate of drug-likeness (QED) is 0.0567. The maximum Gasteiger partial charge on any atom is 0.330 e. The second-order valence-corrected chi connectivity index (χ2v) is 15.1. The molecule has 0 rings (SSSR count). The minimum Gasteiger partial charge on any atom is -0.460 e. The fourth-order valence-corrected chi connectivity index (χ4v) is 4.43. The summed E-state index contributed by atoms with van der Waals surface area (Å²) in [6.45, 7) is 33.0. The van der Waals surface area contributed by atoms with Gasteiger partial charge < -0.3 is 61.6 Å². The second-order valence-electron chi connectivity index (χ2n) is 15.1. The minimum absolute atomic E-state index is 0.109. The zero-order valence-electron chi connectivity index (χ0n) is 37.5. The van der Waals surface area contributed by atoms with E-state index in [9.17, 15) is 9.59 Å². The Hall–Kier alpha value is -1.76. The van der Waals surface area contributed by atoms with E-state index < -0.39 is 5.97 Å². The molecule has 12 unspecified atom stereocenters. The van der Waals surface area contributed by atoms with Crippen LogP contribution in [0.3, 0.4) is 0 Å². The van der Waals surface area contributed by atoms with Gasteiger partial charge in [-0.05, 0) is 83.1 Å². The summed E-state index contributed by atoms with van der Waals surface area (Å²) in [4.78, 5) is 22.5. The number of ether oxygens (including phenoxy) is 13. The fourth-order valence-electron chi connectivity index (χ4n) is 4.43. The van der Waals surface area contributed by atoms with Gasteiger partial charge >= 0.3 is 11.9 Å². The molecule has 0 N–H and O–H groups in total. The van der Waals surface area contributed by atoms with E-state index in [0.717, 1.165) is 6.08 Å². The van der Waals surface area contributed by atoms with Crippen LogP contribution in [-0.4, -0.2) is 164 Å². The van der Waals surface area contributed by atoms with Crippen LogP contribution >= 0.6 is 0 Å². The van der Waals surface area contributed by atoms with E-state index >= 15 is 0 Å². The molecular weight excluding hydrogens is 744 g/mol. The largest absolute Gasteiger partial charge is 0.460 e. The average Bonchev–Trinajstić information content (AvgIpc) is 3.19. The molecule has 0 aliphatic carbocycles. The average molecular weight is 825 g/mol. The normalized spacial score (nSPS) is 18.3. The predicted octanol–water partition coefficient (Wildman–Crippen LogP) is 5.51. The first-order valence-electron chi connectivity index (χ1n) is 20.7. The standard InChI is InChI=1S/C42H80O15/c1-15-41(43)56-27-39(13)54-25-37(11)52-23-35(9)50-21-33(7)48-19-31(5)46-17-29(3)45-18-30(4)47-20-32(6)49-22-34(8)51-24-36(10)53-26-38(12)55-28-40(14)57-42(44)16-2/h15,29-40H,1,16-28H2,2-14H3. The molecule has 0 aliphatic heterocycles. The van der Waals surface area contributed by atoms with Gasteiger partial charge in [-0.3, -0.25) is 4.79 Å². The van der Waals surface area contributed by atoms with Crippen molar-refractivity contribution >= 4 is 11.9 Å². The Morgan fingerprint density at radius 2 is 0.561 bits per heavy atom. The highest BCUT2D eigenvalue weighted by atomic mass is 16.6. The van der Waals surface area contributed by atoms with Crippen molar-refractivity contribution in [1.29, 1.82) is 0 Å². The predicted molar refractivity (Wildman–Crippen MR) is 217 cm³/mol. The van der Waals surface area contributed by atoms with Gasteiger partial charge in [0, 0.05) is 12.5 Å². The van der Waals surface area contributed by atoms with E-state index in [4.69, 9.17) is 61.6 Å². The molecule has 15 heteroatoms. The number of hydrogen-bond donors (Lipinski definition) is 0. The number of hydrogen-bond acceptors (Lipinski definition) is 15. The van der Waals surface area contributed by atoms with Gasteiger partial charge in [0.05, 0.1) is 140 Å². The number of esters is 2. The Morgan fingerprint density at radius 3 is 0.754 bits per heavy atom. The number of carbonyl (C=O) groups is 2. The van der Waals surface area contributed by atoms with Crippen molar-refractivity contribution in [3.8, 4) is 0 Å². The molecule has 0 radical (unpaired) electrons. The first-order chi connectivity index (χ1) is 26.9. The Balaban J connectivity index is 3.98. The summed E-state index contributed by atoms with van der Waals surface area (Å²) in [5.74, 6) is -0.707. The molecule has 0 aromatic carbocycles. The van der Waals surface area contributed by atoms with Gasteiger partial charge in [0.15, 0.2) is 0 Å². The zero-order chi connectivity index (χ0) is 43.2. The highest BCUT2D eigenvalue weighted by Gasteiger charge is 2.17. The van der Waals surface area contributed by atoms with E-state index in [-0.39, 0.29) is 85.8 Å². The first-order valence-corrected chi connectivity index (χ1v) is 20.7. The molecule has 0 amide bonds. The van der Waals surface area contributed by atoms with Crippen molar-refractivity contribution in [1.82, 2.24) is 0 Å². The molecule has 0 saturated carbocycles. The molecule has 0 bridgehead atoms. The third-order valence-corrected chi connectivity index (χ3v) is 8.02. The molecule has 0 heterocycles. The molecule has 0 aromatic rings. The van der Waals surface area contributed by atoms with Gasteiger partial charge in [0.2, 0.25) is 0 Å². The third-order valence-electron chi connectivity index (χ3n) is 8.02. The van der Waals surface area contributed by atoms with Gasteiger partial charge in [-0.1, -0.05) is 13.5 Å². The van der Waals surface area contributed by atoms with Crippen LogP contribution in [0.4, 0.5) is 0 Å². The van der Waals surface area contributed by atoms with Crippen LogP contribution in [-0.2, 0) is 71.2 Å². The van der Waals surface area contributed by atoms with Crippen molar-refractivity contribution in [2.75, 3.05) is 79.3 Å². The summed E-state index contributed by atoms with van der Waals surface area (Å²) in [6.07, 6.45) is -0.237. The Kier molecular flexibility index (Phi) is 33.0. The van der Waals surface area contributed by atoms with Crippen LogP contribution in [0.5, 0.6) is 0 Å². The zero-order valence-corrected chi connectivity index (χ0v) is 37.5. The maximum absolute atomic E-state index is 11.4. The summed E-state index contributed by atoms with van der Waals surface area (Å²) in [5.41, 5.74) is 0. The highest BCUT2D eigenvalue weighted by Crippen LogP contribution is 2.07. The third kappa shape index (κ3) is 33.7. The van der Waals surface area contributed by atoms with Crippen molar-refractivity contribution in [2.24, 2.45) is 0 Å². The number of rotatable bonds is 38. The van der Waals surface area contributed by atoms with Crippen LogP contribution in [0.1, 0.15) is 96.4 Å². The SMILES string of the molecule is C=CC(=O)OCC(C)OCC(C)OCC(C)OCC(C)OCC(C)OCC(C)OCC(C)OCC(C)OCC(C)OCC(C)OCC(C)OCC(C)OC(=O)CC. The molecule has 0 saturated heterocycles. The Morgan fingerprint density at radius 1 is 0.368 bits per heavy atom. The van der Waals surface area contributed by atoms with Gasteiger partial charge in [-0.25, -0.2) is 4.79 Å². The van der Waals surface area contributed by atoms with Gasteiger partial charge in [0.1, 0.15) is 12.7 Å². The molecule has 0 spiro atoms. The van der Waals surface area contributed by atoms with Crippen LogP contribution in [0.15, 0.2) is 12.7 Å². The van der Waals surface area contributed by atoms with Crippen molar-refractivity contribution in [3.63, 3.8) is 0 Å². The Labute approximate surface area is 344 Å². The maximum atomic E-state index is 11.4. The highest BCUT2D eigenvalue weighted by molar-refractivity contribution is 5.81. The first kappa shape index (κ1) is 55.2. The van der Waals surface area contributed by atoms with Crippen LogP contribution < -0.4 is 0 Å². The van der Waals surface area contributed by atoms with E-state index in [1.165, 1.54) is 0 Å². The van der Waals surface area contributed by atoms with Crippen molar-refractivity contribution < 1.29 is 71.2 Å². The fraction of sp³-hybridized carbons (Fsp3) is 0.905. The summed E-state index contributed by atoms with van der Waals surface area (Å²) >= 11 is 0. The van der Waals surface area contributed by atoms with E-state index in [2.05, 4.69) is 6.58 Å². The molecule has 15 nitrogen and oxygen atoms in total. The van der Waals surface area contributed by atoms with Gasteiger partial charge in [-0.2, -0.15) is 0 Å². The molecule has 12 atom stereocenters. The lowest BCUT2D eigenvalue weighted by molar-refractivity contribution is -0.152. The second kappa shape index (κ2) is 34.0. The minimum atomic E-state index is -0.471. The summed E-state index contributed by atoms with van der Waals surface area (Å²) < 4.78 is 74.7. The van der Waals surface area contributed by atoms with Crippen molar-refractivity contribution in [2.45, 2.75) is 170 Å². The number of carbonyl (C=O) groups excluding carboxylic acids is 2. The van der Waals surface area contributed by atoms with E-state index in [0.29, 0.717) is 79.1 Å². The molecule has 0 aliphatic rings. The molecule has 338 valence electrons. The lowest BCUT2D eigenvalue weighted by Crippen LogP contribution is -2.31. The van der Waals surface area contributed by atoms with Gasteiger partial charge in [-0.15, -0.1) is 0 Å². The summed E-state index contributed by atoms with van der Waals surface area (Å²) in [7, 11) is 0. The van der Waals surface area contributed by atoms with Gasteiger partial charge in [0.25, 0.3) is 0 Å².